The minimum absolute atomic E-state index is 0.0138. The molecule has 1 aliphatic rings. The average molecular weight is 354 g/mol. The summed E-state index contributed by atoms with van der Waals surface area (Å²) in [6.45, 7) is 5.45. The molecule has 6 heteroatoms. The fourth-order valence-electron chi connectivity index (χ4n) is 3.35. The first-order valence-electron chi connectivity index (χ1n) is 9.35. The molecule has 1 unspecified atom stereocenters. The lowest BCUT2D eigenvalue weighted by Crippen LogP contribution is -2.43. The first-order valence-corrected chi connectivity index (χ1v) is 9.35. The number of carbonyl (C=O) groups excluding carboxylic acids is 1. The number of piperidine rings is 1. The van der Waals surface area contributed by atoms with E-state index in [2.05, 4.69) is 22.2 Å². The fourth-order valence-corrected chi connectivity index (χ4v) is 3.35. The van der Waals surface area contributed by atoms with Crippen LogP contribution in [0.1, 0.15) is 50.0 Å². The molecule has 0 aliphatic carbocycles. The van der Waals surface area contributed by atoms with Gasteiger partial charge in [0.05, 0.1) is 12.3 Å². The van der Waals surface area contributed by atoms with Crippen LogP contribution in [0.25, 0.3) is 0 Å². The van der Waals surface area contributed by atoms with Gasteiger partial charge < -0.3 is 15.0 Å². The van der Waals surface area contributed by atoms with Crippen LogP contribution >= 0.6 is 0 Å². The molecular formula is C20H26N4O2. The number of amides is 1. The Labute approximate surface area is 154 Å². The van der Waals surface area contributed by atoms with Gasteiger partial charge in [0.1, 0.15) is 11.4 Å². The van der Waals surface area contributed by atoms with Crippen LogP contribution in [0.2, 0.25) is 0 Å². The molecular weight excluding hydrogens is 328 g/mol. The monoisotopic (exact) mass is 354 g/mol. The number of hydrogen-bond donors (Lipinski definition) is 1. The topological polar surface area (TPSA) is 67.3 Å². The van der Waals surface area contributed by atoms with E-state index >= 15 is 0 Å². The van der Waals surface area contributed by atoms with Crippen molar-refractivity contribution in [1.29, 1.82) is 0 Å². The van der Waals surface area contributed by atoms with E-state index in [-0.39, 0.29) is 5.91 Å². The van der Waals surface area contributed by atoms with Crippen LogP contribution in [0, 0.1) is 0 Å². The molecule has 1 N–H and O–H groups in total. The molecule has 3 rings (SSSR count). The summed E-state index contributed by atoms with van der Waals surface area (Å²) in [5, 5.41) is 3.16. The standard InChI is InChI=1S/C20H26N4O2/c1-3-15-9-7-8-14-24(15)19(25)17-12-13-21-20(23-17)22-16-10-5-6-11-18(16)26-4-2/h5-6,10-13,15H,3-4,7-9,14H2,1-2H3,(H,21,22,23). The summed E-state index contributed by atoms with van der Waals surface area (Å²) < 4.78 is 5.62. The van der Waals surface area contributed by atoms with Gasteiger partial charge >= 0.3 is 0 Å². The molecule has 1 amide bonds. The number of carbonyl (C=O) groups is 1. The lowest BCUT2D eigenvalue weighted by Gasteiger charge is -2.35. The van der Waals surface area contributed by atoms with Gasteiger partial charge in [0.25, 0.3) is 5.91 Å². The van der Waals surface area contributed by atoms with Crippen molar-refractivity contribution >= 4 is 17.5 Å². The molecule has 1 atom stereocenters. The lowest BCUT2D eigenvalue weighted by atomic mass is 9.99. The van der Waals surface area contributed by atoms with Crippen molar-refractivity contribution in [3.05, 3.63) is 42.2 Å². The van der Waals surface area contributed by atoms with Crippen molar-refractivity contribution in [2.45, 2.75) is 45.6 Å². The molecule has 26 heavy (non-hydrogen) atoms. The van der Waals surface area contributed by atoms with E-state index in [0.717, 1.165) is 37.2 Å². The second kappa shape index (κ2) is 8.65. The average Bonchev–Trinajstić information content (AvgIpc) is 2.69. The largest absolute Gasteiger partial charge is 0.492 e. The van der Waals surface area contributed by atoms with Crippen LogP contribution < -0.4 is 10.1 Å². The Balaban J connectivity index is 1.79. The summed E-state index contributed by atoms with van der Waals surface area (Å²) in [7, 11) is 0. The molecule has 1 aromatic carbocycles. The number of anilines is 2. The molecule has 1 saturated heterocycles. The number of ether oxygens (including phenoxy) is 1. The van der Waals surface area contributed by atoms with Crippen molar-refractivity contribution < 1.29 is 9.53 Å². The minimum atomic E-state index is -0.0138. The van der Waals surface area contributed by atoms with E-state index in [1.807, 2.05) is 36.1 Å². The van der Waals surface area contributed by atoms with E-state index in [4.69, 9.17) is 4.74 Å². The number of rotatable bonds is 6. The van der Waals surface area contributed by atoms with Gasteiger partial charge in [0.15, 0.2) is 0 Å². The van der Waals surface area contributed by atoms with Gasteiger partial charge in [0, 0.05) is 18.8 Å². The smallest absolute Gasteiger partial charge is 0.272 e. The Morgan fingerprint density at radius 2 is 2.12 bits per heavy atom. The molecule has 0 saturated carbocycles. The van der Waals surface area contributed by atoms with Crippen molar-refractivity contribution in [2.75, 3.05) is 18.5 Å². The molecule has 6 nitrogen and oxygen atoms in total. The highest BCUT2D eigenvalue weighted by Gasteiger charge is 2.27. The summed E-state index contributed by atoms with van der Waals surface area (Å²) in [5.74, 6) is 1.12. The van der Waals surface area contributed by atoms with Crippen molar-refractivity contribution in [3.8, 4) is 5.75 Å². The zero-order valence-corrected chi connectivity index (χ0v) is 15.4. The van der Waals surface area contributed by atoms with Crippen molar-refractivity contribution in [1.82, 2.24) is 14.9 Å². The van der Waals surface area contributed by atoms with Gasteiger partial charge in [0.2, 0.25) is 5.95 Å². The lowest BCUT2D eigenvalue weighted by molar-refractivity contribution is 0.0602. The first kappa shape index (κ1) is 18.2. The van der Waals surface area contributed by atoms with E-state index in [9.17, 15) is 4.79 Å². The van der Waals surface area contributed by atoms with Gasteiger partial charge in [-0.25, -0.2) is 9.97 Å². The van der Waals surface area contributed by atoms with Crippen LogP contribution in [0.5, 0.6) is 5.75 Å². The van der Waals surface area contributed by atoms with Crippen LogP contribution in [-0.4, -0.2) is 40.0 Å². The van der Waals surface area contributed by atoms with Crippen molar-refractivity contribution in [2.24, 2.45) is 0 Å². The maximum atomic E-state index is 12.9. The Morgan fingerprint density at radius 1 is 1.27 bits per heavy atom. The van der Waals surface area contributed by atoms with Crippen LogP contribution in [0.3, 0.4) is 0 Å². The Kier molecular flexibility index (Phi) is 6.04. The van der Waals surface area contributed by atoms with Gasteiger partial charge in [-0.2, -0.15) is 0 Å². The third-order valence-corrected chi connectivity index (χ3v) is 4.67. The zero-order chi connectivity index (χ0) is 18.4. The number of nitrogens with one attached hydrogen (secondary N) is 1. The van der Waals surface area contributed by atoms with Crippen LogP contribution in [0.4, 0.5) is 11.6 Å². The molecule has 0 radical (unpaired) electrons. The maximum Gasteiger partial charge on any atom is 0.272 e. The number of hydrogen-bond acceptors (Lipinski definition) is 5. The normalized spacial score (nSPS) is 17.0. The zero-order valence-electron chi connectivity index (χ0n) is 15.4. The molecule has 0 spiro atoms. The van der Waals surface area contributed by atoms with E-state index in [1.54, 1.807) is 12.3 Å². The Hall–Kier alpha value is -2.63. The van der Waals surface area contributed by atoms with Gasteiger partial charge in [-0.3, -0.25) is 4.79 Å². The minimum Gasteiger partial charge on any atom is -0.492 e. The Morgan fingerprint density at radius 3 is 2.92 bits per heavy atom. The first-order chi connectivity index (χ1) is 12.7. The van der Waals surface area contributed by atoms with Crippen LogP contribution in [0.15, 0.2) is 36.5 Å². The number of aromatic nitrogens is 2. The molecule has 1 aliphatic heterocycles. The number of likely N-dealkylation sites (tertiary alicyclic amines) is 1. The summed E-state index contributed by atoms with van der Waals surface area (Å²) in [5.41, 5.74) is 1.21. The number of para-hydroxylation sites is 2. The molecule has 2 heterocycles. The third-order valence-electron chi connectivity index (χ3n) is 4.67. The summed E-state index contributed by atoms with van der Waals surface area (Å²) in [6.07, 6.45) is 5.91. The second-order valence-electron chi connectivity index (χ2n) is 6.38. The van der Waals surface area contributed by atoms with E-state index in [1.165, 1.54) is 6.42 Å². The molecule has 2 aromatic rings. The summed E-state index contributed by atoms with van der Waals surface area (Å²) >= 11 is 0. The van der Waals surface area contributed by atoms with Gasteiger partial charge in [-0.1, -0.05) is 19.1 Å². The molecule has 138 valence electrons. The predicted molar refractivity (Wildman–Crippen MR) is 102 cm³/mol. The highest BCUT2D eigenvalue weighted by Crippen LogP contribution is 2.26. The van der Waals surface area contributed by atoms with Gasteiger partial charge in [-0.05, 0) is 50.8 Å². The second-order valence-corrected chi connectivity index (χ2v) is 6.38. The highest BCUT2D eigenvalue weighted by molar-refractivity contribution is 5.92. The quantitative estimate of drug-likeness (QED) is 0.848. The van der Waals surface area contributed by atoms with E-state index in [0.29, 0.717) is 24.3 Å². The van der Waals surface area contributed by atoms with Gasteiger partial charge in [-0.15, -0.1) is 0 Å². The highest BCUT2D eigenvalue weighted by atomic mass is 16.5. The SMILES string of the molecule is CCOc1ccccc1Nc1nccc(C(=O)N2CCCCC2CC)n1. The van der Waals surface area contributed by atoms with E-state index < -0.39 is 0 Å². The molecule has 1 aromatic heterocycles. The third kappa shape index (κ3) is 4.12. The maximum absolute atomic E-state index is 12.9. The Bertz CT molecular complexity index is 750. The molecule has 1 fully saturated rings. The molecule has 0 bridgehead atoms. The predicted octanol–water partition coefficient (Wildman–Crippen LogP) is 4.02. The van der Waals surface area contributed by atoms with Crippen molar-refractivity contribution in [3.63, 3.8) is 0 Å². The summed E-state index contributed by atoms with van der Waals surface area (Å²) in [6, 6.07) is 9.61. The summed E-state index contributed by atoms with van der Waals surface area (Å²) in [4.78, 5) is 23.6. The number of nitrogens with zero attached hydrogens (tertiary/aromatic N) is 3. The van der Waals surface area contributed by atoms with Crippen LogP contribution in [-0.2, 0) is 0 Å². The fraction of sp³-hybridized carbons (Fsp3) is 0.450. The number of benzene rings is 1.